The smallest absolute Gasteiger partial charge is 0.335 e. The molecule has 9 rings (SSSR count). The second-order valence-corrected chi connectivity index (χ2v) is 13.8. The van der Waals surface area contributed by atoms with Crippen molar-refractivity contribution in [3.63, 3.8) is 0 Å². The fourth-order valence-corrected chi connectivity index (χ4v) is 7.63. The van der Waals surface area contributed by atoms with Crippen molar-refractivity contribution in [2.75, 3.05) is 9.80 Å². The molecule has 0 N–H and O–H groups in total. The molecular weight excluding hydrogens is 717 g/mol. The number of hydrogen-bond donors (Lipinski definition) is 0. The summed E-state index contributed by atoms with van der Waals surface area (Å²) in [5, 5.41) is 7.93. The van der Waals surface area contributed by atoms with Gasteiger partial charge in [0.05, 0.1) is 11.4 Å². The van der Waals surface area contributed by atoms with Crippen molar-refractivity contribution >= 4 is 89.2 Å². The Bertz CT molecular complexity index is 2850. The zero-order chi connectivity index (χ0) is 39.6. The molecule has 278 valence electrons. The minimum absolute atomic E-state index is 0.460. The van der Waals surface area contributed by atoms with E-state index >= 15 is 0 Å². The second kappa shape index (κ2) is 15.3. The van der Waals surface area contributed by atoms with Crippen LogP contribution in [0.15, 0.2) is 207 Å². The highest BCUT2D eigenvalue weighted by atomic mass is 16.5. The monoisotopic (exact) mass is 752 g/mol. The van der Waals surface area contributed by atoms with Gasteiger partial charge >= 0.3 is 11.9 Å². The molecule has 0 aromatic heterocycles. The lowest BCUT2D eigenvalue weighted by atomic mass is 10.0. The van der Waals surface area contributed by atoms with Crippen molar-refractivity contribution in [1.82, 2.24) is 0 Å². The number of anilines is 6. The first-order valence-electron chi connectivity index (χ1n) is 18.9. The van der Waals surface area contributed by atoms with Crippen LogP contribution in [-0.4, -0.2) is 11.9 Å². The molecule has 0 radical (unpaired) electrons. The van der Waals surface area contributed by atoms with E-state index in [-0.39, 0.29) is 0 Å². The van der Waals surface area contributed by atoms with E-state index in [0.29, 0.717) is 11.5 Å². The van der Waals surface area contributed by atoms with Crippen LogP contribution in [0.5, 0.6) is 11.5 Å². The standard InChI is InChI=1S/C52H36N2O4/c1-3-51(55)57-49-23-11-17-43-45(49)19-9-21-47(43)53(41-27-25-35-13-5-7-15-37(35)33-41)39-29-31-40(32-30-39)54(42-28-26-36-14-6-8-16-38(36)34-42)48-22-10-20-46-44(48)18-12-24-50(46)58-52(56)4-2/h3-34H,1-2H2. The molecule has 0 heterocycles. The van der Waals surface area contributed by atoms with Crippen LogP contribution in [0, 0.1) is 0 Å². The molecule has 0 aliphatic carbocycles. The molecule has 9 aromatic rings. The molecule has 0 bridgehead atoms. The van der Waals surface area contributed by atoms with Crippen LogP contribution < -0.4 is 19.3 Å². The Kier molecular flexibility index (Phi) is 9.42. The first-order valence-corrected chi connectivity index (χ1v) is 18.9. The summed E-state index contributed by atoms with van der Waals surface area (Å²) < 4.78 is 11.4. The van der Waals surface area contributed by atoms with Crippen LogP contribution in [0.25, 0.3) is 43.1 Å². The van der Waals surface area contributed by atoms with Gasteiger partial charge in [0.1, 0.15) is 11.5 Å². The number of rotatable bonds is 10. The fourth-order valence-electron chi connectivity index (χ4n) is 7.63. The zero-order valence-corrected chi connectivity index (χ0v) is 31.4. The Morgan fingerprint density at radius 1 is 0.379 bits per heavy atom. The third-order valence-electron chi connectivity index (χ3n) is 10.3. The molecule has 0 atom stereocenters. The largest absolute Gasteiger partial charge is 0.423 e. The lowest BCUT2D eigenvalue weighted by Gasteiger charge is -2.30. The van der Waals surface area contributed by atoms with Gasteiger partial charge in [0.15, 0.2) is 0 Å². The van der Waals surface area contributed by atoms with Crippen LogP contribution in [0.2, 0.25) is 0 Å². The Balaban J connectivity index is 1.22. The van der Waals surface area contributed by atoms with E-state index in [1.165, 1.54) is 12.2 Å². The van der Waals surface area contributed by atoms with E-state index in [1.54, 1.807) is 12.1 Å². The van der Waals surface area contributed by atoms with E-state index in [4.69, 9.17) is 9.47 Å². The molecule has 0 spiro atoms. The topological polar surface area (TPSA) is 59.1 Å². The molecule has 6 heteroatoms. The maximum atomic E-state index is 12.3. The maximum absolute atomic E-state index is 12.3. The Morgan fingerprint density at radius 2 is 0.741 bits per heavy atom. The number of benzene rings is 9. The molecule has 9 aromatic carbocycles. The SMILES string of the molecule is C=CC(=O)Oc1cccc2c(N(c3ccc(N(c4ccc5ccccc5c4)c4cccc5c(OC(=O)C=C)cccc45)cc3)c3ccc4ccccc4c3)cccc12. The predicted molar refractivity (Wildman–Crippen MR) is 237 cm³/mol. The molecule has 0 amide bonds. The van der Waals surface area contributed by atoms with Crippen LogP contribution >= 0.6 is 0 Å². The van der Waals surface area contributed by atoms with Crippen molar-refractivity contribution in [2.45, 2.75) is 0 Å². The van der Waals surface area contributed by atoms with Crippen molar-refractivity contribution in [3.05, 3.63) is 207 Å². The third-order valence-corrected chi connectivity index (χ3v) is 10.3. The molecule has 0 fully saturated rings. The van der Waals surface area contributed by atoms with Crippen molar-refractivity contribution in [2.24, 2.45) is 0 Å². The number of ether oxygens (including phenoxy) is 2. The summed E-state index contributed by atoms with van der Waals surface area (Å²) in [6.45, 7) is 7.17. The van der Waals surface area contributed by atoms with Gasteiger partial charge in [0.2, 0.25) is 0 Å². The number of hydrogen-bond acceptors (Lipinski definition) is 6. The maximum Gasteiger partial charge on any atom is 0.335 e. The van der Waals surface area contributed by atoms with Crippen molar-refractivity contribution < 1.29 is 19.1 Å². The number of carbonyl (C=O) groups excluding carboxylic acids is 2. The molecule has 0 saturated heterocycles. The summed E-state index contributed by atoms with van der Waals surface area (Å²) in [5.41, 5.74) is 5.62. The van der Waals surface area contributed by atoms with Crippen LogP contribution in [0.4, 0.5) is 34.1 Å². The minimum atomic E-state index is -0.518. The van der Waals surface area contributed by atoms with Gasteiger partial charge < -0.3 is 19.3 Å². The predicted octanol–water partition coefficient (Wildman–Crippen LogP) is 13.4. The van der Waals surface area contributed by atoms with E-state index in [0.717, 1.165) is 77.2 Å². The molecule has 0 aliphatic rings. The number of nitrogens with zero attached hydrogens (tertiary/aromatic N) is 2. The highest BCUT2D eigenvalue weighted by molar-refractivity contribution is 6.05. The first-order chi connectivity index (χ1) is 28.5. The second-order valence-electron chi connectivity index (χ2n) is 13.8. The number of esters is 2. The minimum Gasteiger partial charge on any atom is -0.423 e. The van der Waals surface area contributed by atoms with E-state index in [2.05, 4.69) is 120 Å². The average molecular weight is 753 g/mol. The summed E-state index contributed by atoms with van der Waals surface area (Å²) in [6.07, 6.45) is 2.34. The lowest BCUT2D eigenvalue weighted by molar-refractivity contribution is -0.129. The number of carbonyl (C=O) groups is 2. The van der Waals surface area contributed by atoms with Gasteiger partial charge in [0, 0.05) is 56.4 Å². The highest BCUT2D eigenvalue weighted by Gasteiger charge is 2.21. The fraction of sp³-hybridized carbons (Fsp3) is 0. The van der Waals surface area contributed by atoms with Gasteiger partial charge in [-0.25, -0.2) is 9.59 Å². The summed E-state index contributed by atoms with van der Waals surface area (Å²) >= 11 is 0. The van der Waals surface area contributed by atoms with Crippen LogP contribution in [0.3, 0.4) is 0 Å². The first kappa shape index (κ1) is 35.7. The lowest BCUT2D eigenvalue weighted by Crippen LogP contribution is -2.13. The van der Waals surface area contributed by atoms with Crippen molar-refractivity contribution in [1.29, 1.82) is 0 Å². The van der Waals surface area contributed by atoms with Gasteiger partial charge in [-0.3, -0.25) is 0 Å². The van der Waals surface area contributed by atoms with E-state index in [1.807, 2.05) is 72.8 Å². The third kappa shape index (κ3) is 6.69. The summed E-state index contributed by atoms with van der Waals surface area (Å²) in [5.74, 6) is -0.115. The normalized spacial score (nSPS) is 11.0. The Hall–Kier alpha value is -7.96. The van der Waals surface area contributed by atoms with Gasteiger partial charge in [-0.2, -0.15) is 0 Å². The highest BCUT2D eigenvalue weighted by Crippen LogP contribution is 2.45. The van der Waals surface area contributed by atoms with Gasteiger partial charge in [-0.15, -0.1) is 0 Å². The van der Waals surface area contributed by atoms with Crippen LogP contribution in [-0.2, 0) is 9.59 Å². The van der Waals surface area contributed by atoms with Crippen LogP contribution in [0.1, 0.15) is 0 Å². The van der Waals surface area contributed by atoms with Gasteiger partial charge in [0.25, 0.3) is 0 Å². The zero-order valence-electron chi connectivity index (χ0n) is 31.4. The van der Waals surface area contributed by atoms with Gasteiger partial charge in [-0.05, 0) is 94.3 Å². The Labute approximate surface area is 335 Å². The average Bonchev–Trinajstić information content (AvgIpc) is 3.27. The quantitative estimate of drug-likeness (QED) is 0.0788. The van der Waals surface area contributed by atoms with E-state index < -0.39 is 11.9 Å². The molecule has 0 saturated carbocycles. The molecule has 0 unspecified atom stereocenters. The molecule has 0 aliphatic heterocycles. The Morgan fingerprint density at radius 3 is 1.16 bits per heavy atom. The number of fused-ring (bicyclic) bond motifs is 4. The van der Waals surface area contributed by atoms with E-state index in [9.17, 15) is 9.59 Å². The summed E-state index contributed by atoms with van der Waals surface area (Å²) in [4.78, 5) is 29.1. The molecule has 58 heavy (non-hydrogen) atoms. The summed E-state index contributed by atoms with van der Waals surface area (Å²) in [6, 6.07) is 61.6. The molecular formula is C52H36N2O4. The summed E-state index contributed by atoms with van der Waals surface area (Å²) in [7, 11) is 0. The van der Waals surface area contributed by atoms with Crippen molar-refractivity contribution in [3.8, 4) is 11.5 Å². The van der Waals surface area contributed by atoms with Gasteiger partial charge in [-0.1, -0.05) is 122 Å². The molecule has 6 nitrogen and oxygen atoms in total.